The maximum absolute atomic E-state index is 12.7. The first kappa shape index (κ1) is 16.1. The summed E-state index contributed by atoms with van der Waals surface area (Å²) in [6.07, 6.45) is 0.371. The third-order valence-corrected chi connectivity index (χ3v) is 5.84. The van der Waals surface area contributed by atoms with Crippen LogP contribution < -0.4 is 0 Å². The first-order valence-corrected chi connectivity index (χ1v) is 7.18. The molecule has 0 bridgehead atoms. The first-order valence-electron chi connectivity index (χ1n) is 5.64. The SMILES string of the molecule is CCOP(=O)(OCC)[C@@](C)(CC)C(C#N)C#N. The van der Waals surface area contributed by atoms with Gasteiger partial charge in [0.1, 0.15) is 5.92 Å². The van der Waals surface area contributed by atoms with Crippen molar-refractivity contribution in [2.45, 2.75) is 39.3 Å². The molecule has 0 aliphatic heterocycles. The molecule has 5 nitrogen and oxygen atoms in total. The minimum absolute atomic E-state index is 0.219. The Labute approximate surface area is 103 Å². The topological polar surface area (TPSA) is 83.1 Å². The summed E-state index contributed by atoms with van der Waals surface area (Å²) < 4.78 is 23.2. The minimum Gasteiger partial charge on any atom is -0.308 e. The lowest BCUT2D eigenvalue weighted by atomic mass is 9.93. The minimum atomic E-state index is -3.48. The Balaban J connectivity index is 5.52. The summed E-state index contributed by atoms with van der Waals surface area (Å²) in [4.78, 5) is 0. The smallest absolute Gasteiger partial charge is 0.308 e. The maximum atomic E-state index is 12.7. The highest BCUT2D eigenvalue weighted by Gasteiger charge is 2.52. The van der Waals surface area contributed by atoms with Crippen molar-refractivity contribution >= 4 is 7.60 Å². The molecule has 0 spiro atoms. The Bertz CT molecular complexity index is 348. The molecule has 6 heteroatoms. The Hall–Kier alpha value is -0.870. The molecule has 0 rings (SSSR count). The summed E-state index contributed by atoms with van der Waals surface area (Å²) in [6, 6.07) is 3.74. The third kappa shape index (κ3) is 3.07. The van der Waals surface area contributed by atoms with Gasteiger partial charge in [-0.2, -0.15) is 10.5 Å². The molecule has 1 atom stereocenters. The largest absolute Gasteiger partial charge is 0.338 e. The molecule has 0 unspecified atom stereocenters. The number of hydrogen-bond acceptors (Lipinski definition) is 5. The zero-order valence-electron chi connectivity index (χ0n) is 10.8. The van der Waals surface area contributed by atoms with Gasteiger partial charge in [-0.15, -0.1) is 0 Å². The van der Waals surface area contributed by atoms with Crippen molar-refractivity contribution in [2.75, 3.05) is 13.2 Å². The molecule has 0 amide bonds. The lowest BCUT2D eigenvalue weighted by molar-refractivity contribution is 0.191. The van der Waals surface area contributed by atoms with E-state index in [1.807, 2.05) is 12.1 Å². The van der Waals surface area contributed by atoms with Gasteiger partial charge in [-0.3, -0.25) is 4.57 Å². The summed E-state index contributed by atoms with van der Waals surface area (Å²) in [5.41, 5.74) is 0. The van der Waals surface area contributed by atoms with E-state index in [-0.39, 0.29) is 13.2 Å². The van der Waals surface area contributed by atoms with Gasteiger partial charge in [0.15, 0.2) is 0 Å². The summed E-state index contributed by atoms with van der Waals surface area (Å²) in [5.74, 6) is -1.02. The Morgan fingerprint density at radius 3 is 1.82 bits per heavy atom. The van der Waals surface area contributed by atoms with Gasteiger partial charge >= 0.3 is 7.60 Å². The highest BCUT2D eigenvalue weighted by molar-refractivity contribution is 7.55. The van der Waals surface area contributed by atoms with Gasteiger partial charge in [0, 0.05) is 0 Å². The van der Waals surface area contributed by atoms with E-state index in [0.29, 0.717) is 6.42 Å². The first-order chi connectivity index (χ1) is 7.95. The van der Waals surface area contributed by atoms with E-state index in [0.717, 1.165) is 0 Å². The number of rotatable bonds is 7. The van der Waals surface area contributed by atoms with Crippen LogP contribution in [-0.4, -0.2) is 18.4 Å². The van der Waals surface area contributed by atoms with E-state index in [9.17, 15) is 4.57 Å². The average molecular weight is 258 g/mol. The number of hydrogen-bond donors (Lipinski definition) is 0. The van der Waals surface area contributed by atoms with Crippen LogP contribution in [0, 0.1) is 28.6 Å². The zero-order chi connectivity index (χ0) is 13.5. The van der Waals surface area contributed by atoms with Gasteiger partial charge < -0.3 is 9.05 Å². The van der Waals surface area contributed by atoms with Crippen LogP contribution in [0.4, 0.5) is 0 Å². The number of nitrogens with zero attached hydrogens (tertiary/aromatic N) is 2. The van der Waals surface area contributed by atoms with Crippen molar-refractivity contribution in [1.82, 2.24) is 0 Å². The molecule has 0 saturated carbocycles. The van der Waals surface area contributed by atoms with Gasteiger partial charge in [0.2, 0.25) is 0 Å². The van der Waals surface area contributed by atoms with E-state index < -0.39 is 18.7 Å². The predicted molar refractivity (Wildman–Crippen MR) is 64.3 cm³/mol. The summed E-state index contributed by atoms with van der Waals surface area (Å²) in [7, 11) is -3.48. The highest BCUT2D eigenvalue weighted by atomic mass is 31.2. The molecule has 0 N–H and O–H groups in total. The lowest BCUT2D eigenvalue weighted by Gasteiger charge is -2.35. The quantitative estimate of drug-likeness (QED) is 0.655. The third-order valence-electron chi connectivity index (χ3n) is 2.82. The van der Waals surface area contributed by atoms with Crippen molar-refractivity contribution in [3.05, 3.63) is 0 Å². The van der Waals surface area contributed by atoms with Crippen LogP contribution in [0.3, 0.4) is 0 Å². The van der Waals surface area contributed by atoms with E-state index in [1.54, 1.807) is 27.7 Å². The monoisotopic (exact) mass is 258 g/mol. The van der Waals surface area contributed by atoms with Crippen molar-refractivity contribution in [2.24, 2.45) is 5.92 Å². The molecular formula is C11H19N2O3P. The van der Waals surface area contributed by atoms with Crippen LogP contribution in [0.5, 0.6) is 0 Å². The van der Waals surface area contributed by atoms with Crippen LogP contribution in [0.15, 0.2) is 0 Å². The fourth-order valence-corrected chi connectivity index (χ4v) is 3.70. The normalized spacial score (nSPS) is 15.0. The fourth-order valence-electron chi connectivity index (χ4n) is 1.53. The molecule has 0 saturated heterocycles. The van der Waals surface area contributed by atoms with Gasteiger partial charge in [0.05, 0.1) is 30.5 Å². The summed E-state index contributed by atoms with van der Waals surface area (Å²) >= 11 is 0. The fraction of sp³-hybridized carbons (Fsp3) is 0.818. The van der Waals surface area contributed by atoms with E-state index in [4.69, 9.17) is 19.6 Å². The Kier molecular flexibility index (Phi) is 6.42. The second-order valence-electron chi connectivity index (χ2n) is 3.73. The molecule has 0 aromatic rings. The molecule has 0 radical (unpaired) electrons. The molecular weight excluding hydrogens is 239 g/mol. The Morgan fingerprint density at radius 1 is 1.18 bits per heavy atom. The maximum Gasteiger partial charge on any atom is 0.338 e. The van der Waals surface area contributed by atoms with Crippen LogP contribution >= 0.6 is 7.60 Å². The second-order valence-corrected chi connectivity index (χ2v) is 6.27. The molecule has 0 aromatic heterocycles. The van der Waals surface area contributed by atoms with Gasteiger partial charge in [0.25, 0.3) is 0 Å². The van der Waals surface area contributed by atoms with E-state index >= 15 is 0 Å². The van der Waals surface area contributed by atoms with Gasteiger partial charge in [-0.05, 0) is 27.2 Å². The molecule has 0 heterocycles. The van der Waals surface area contributed by atoms with Crippen molar-refractivity contribution in [3.63, 3.8) is 0 Å². The Morgan fingerprint density at radius 2 is 1.59 bits per heavy atom. The van der Waals surface area contributed by atoms with Crippen LogP contribution in [-0.2, 0) is 13.6 Å². The van der Waals surface area contributed by atoms with Crippen LogP contribution in [0.25, 0.3) is 0 Å². The zero-order valence-corrected chi connectivity index (χ0v) is 11.7. The molecule has 0 aromatic carbocycles. The number of nitriles is 2. The molecule has 0 aliphatic carbocycles. The van der Waals surface area contributed by atoms with E-state index in [1.165, 1.54) is 0 Å². The molecule has 96 valence electrons. The standard InChI is InChI=1S/C11H19N2O3P/c1-5-11(4,10(8-12)9-13)17(14,15-6-2)16-7-3/h10H,5-7H2,1-4H3/t11-/m0/s1. The second kappa shape index (κ2) is 6.77. The summed E-state index contributed by atoms with van der Waals surface area (Å²) in [6.45, 7) is 7.22. The van der Waals surface area contributed by atoms with Gasteiger partial charge in [-0.1, -0.05) is 6.92 Å². The van der Waals surface area contributed by atoms with Crippen LogP contribution in [0.2, 0.25) is 0 Å². The predicted octanol–water partition coefficient (Wildman–Crippen LogP) is 3.08. The van der Waals surface area contributed by atoms with E-state index in [2.05, 4.69) is 0 Å². The van der Waals surface area contributed by atoms with Crippen molar-refractivity contribution < 1.29 is 13.6 Å². The van der Waals surface area contributed by atoms with Gasteiger partial charge in [-0.25, -0.2) is 0 Å². The highest BCUT2D eigenvalue weighted by Crippen LogP contribution is 2.64. The van der Waals surface area contributed by atoms with Crippen molar-refractivity contribution in [1.29, 1.82) is 10.5 Å². The molecule has 0 aliphatic rings. The lowest BCUT2D eigenvalue weighted by Crippen LogP contribution is -2.34. The molecule has 0 fully saturated rings. The van der Waals surface area contributed by atoms with Crippen LogP contribution in [0.1, 0.15) is 34.1 Å². The average Bonchev–Trinajstić information content (AvgIpc) is 2.30. The van der Waals surface area contributed by atoms with Crippen molar-refractivity contribution in [3.8, 4) is 12.1 Å². The summed E-state index contributed by atoms with van der Waals surface area (Å²) in [5, 5.41) is 16.9. The molecule has 17 heavy (non-hydrogen) atoms.